The zero-order valence-corrected chi connectivity index (χ0v) is 18.6. The van der Waals surface area contributed by atoms with Crippen LogP contribution < -0.4 is 16.8 Å². The van der Waals surface area contributed by atoms with Gasteiger partial charge < -0.3 is 26.7 Å². The number of hydrogen-bond donors (Lipinski definition) is 4. The minimum Gasteiger partial charge on any atom is -0.383 e. The standard InChI is InChI=1S/C12H15NO3.C10H21NO.CH5N/c14-8-4-7-11(15)12(16)13-9-10-5-2-1-3-6-10;1-2-3-4-5-6-7-8-9-10(11)12;1-2/h1-3,5-6,8,11,15H,4,7,9H2,(H,13,16);2-9H2,1H3,(H2,11,12);2H2,1H3. The van der Waals surface area contributed by atoms with Crippen LogP contribution in [0.3, 0.4) is 0 Å². The molecule has 0 aliphatic heterocycles. The summed E-state index contributed by atoms with van der Waals surface area (Å²) in [6.45, 7) is 2.60. The topological polar surface area (TPSA) is 136 Å². The summed E-state index contributed by atoms with van der Waals surface area (Å²) in [6, 6.07) is 9.43. The molecule has 0 aliphatic carbocycles. The molecule has 30 heavy (non-hydrogen) atoms. The zero-order chi connectivity index (χ0) is 23.0. The molecule has 0 radical (unpaired) electrons. The molecule has 0 aliphatic rings. The molecule has 6 N–H and O–H groups in total. The van der Waals surface area contributed by atoms with Crippen LogP contribution in [0.15, 0.2) is 30.3 Å². The smallest absolute Gasteiger partial charge is 0.249 e. The van der Waals surface area contributed by atoms with E-state index in [9.17, 15) is 19.5 Å². The fraction of sp³-hybridized carbons (Fsp3) is 0.609. The summed E-state index contributed by atoms with van der Waals surface area (Å²) in [4.78, 5) is 31.8. The number of amides is 2. The number of unbranched alkanes of at least 4 members (excludes halogenated alkanes) is 6. The molecule has 0 fully saturated rings. The van der Waals surface area contributed by atoms with E-state index in [-0.39, 0.29) is 18.7 Å². The molecule has 1 aromatic carbocycles. The van der Waals surface area contributed by atoms with Crippen molar-refractivity contribution in [1.29, 1.82) is 0 Å². The molecule has 7 heteroatoms. The average molecular weight is 424 g/mol. The van der Waals surface area contributed by atoms with Gasteiger partial charge in [-0.2, -0.15) is 0 Å². The lowest BCUT2D eigenvalue weighted by molar-refractivity contribution is -0.130. The molecule has 1 atom stereocenters. The van der Waals surface area contributed by atoms with E-state index in [2.05, 4.69) is 18.0 Å². The quantitative estimate of drug-likeness (QED) is 0.269. The number of aliphatic hydroxyl groups excluding tert-OH is 1. The van der Waals surface area contributed by atoms with Gasteiger partial charge in [-0.25, -0.2) is 0 Å². The largest absolute Gasteiger partial charge is 0.383 e. The van der Waals surface area contributed by atoms with Gasteiger partial charge in [-0.3, -0.25) is 9.59 Å². The first kappa shape index (κ1) is 29.9. The van der Waals surface area contributed by atoms with Crippen molar-refractivity contribution in [1.82, 2.24) is 5.32 Å². The van der Waals surface area contributed by atoms with E-state index in [1.54, 1.807) is 0 Å². The maximum Gasteiger partial charge on any atom is 0.249 e. The molecule has 1 aromatic rings. The summed E-state index contributed by atoms with van der Waals surface area (Å²) in [6.07, 6.45) is 9.19. The number of benzene rings is 1. The van der Waals surface area contributed by atoms with Crippen molar-refractivity contribution in [2.24, 2.45) is 11.5 Å². The van der Waals surface area contributed by atoms with Gasteiger partial charge in [0.1, 0.15) is 12.4 Å². The first-order valence-electron chi connectivity index (χ1n) is 10.8. The third kappa shape index (κ3) is 20.5. The molecule has 0 aromatic heterocycles. The molecule has 0 saturated heterocycles. The van der Waals surface area contributed by atoms with E-state index in [1.807, 2.05) is 30.3 Å². The summed E-state index contributed by atoms with van der Waals surface area (Å²) < 4.78 is 0. The second-order valence-electron chi connectivity index (χ2n) is 6.80. The molecule has 1 rings (SSSR count). The Morgan fingerprint density at radius 3 is 2.13 bits per heavy atom. The van der Waals surface area contributed by atoms with Crippen molar-refractivity contribution >= 4 is 18.1 Å². The third-order valence-electron chi connectivity index (χ3n) is 4.20. The Labute approximate surface area is 181 Å². The molecule has 172 valence electrons. The normalized spacial score (nSPS) is 10.5. The van der Waals surface area contributed by atoms with Gasteiger partial charge in [-0.15, -0.1) is 0 Å². The maximum atomic E-state index is 11.3. The van der Waals surface area contributed by atoms with Crippen LogP contribution in [0.25, 0.3) is 0 Å². The fourth-order valence-electron chi connectivity index (χ4n) is 2.52. The number of aldehydes is 1. The van der Waals surface area contributed by atoms with Gasteiger partial charge in [0.2, 0.25) is 11.8 Å². The van der Waals surface area contributed by atoms with Crippen LogP contribution in [0, 0.1) is 0 Å². The Bertz CT molecular complexity index is 539. The van der Waals surface area contributed by atoms with E-state index < -0.39 is 12.0 Å². The molecule has 0 saturated carbocycles. The monoisotopic (exact) mass is 423 g/mol. The van der Waals surface area contributed by atoms with E-state index >= 15 is 0 Å². The van der Waals surface area contributed by atoms with Gasteiger partial charge >= 0.3 is 0 Å². The van der Waals surface area contributed by atoms with Crippen molar-refractivity contribution in [2.45, 2.75) is 83.8 Å². The fourth-order valence-corrected chi connectivity index (χ4v) is 2.52. The maximum absolute atomic E-state index is 11.3. The second-order valence-corrected chi connectivity index (χ2v) is 6.80. The van der Waals surface area contributed by atoms with Crippen molar-refractivity contribution < 1.29 is 19.5 Å². The lowest BCUT2D eigenvalue weighted by Crippen LogP contribution is -2.34. The highest BCUT2D eigenvalue weighted by Crippen LogP contribution is 2.07. The Kier molecular flexibility index (Phi) is 23.0. The molecular weight excluding hydrogens is 382 g/mol. The minimum absolute atomic E-state index is 0.163. The second kappa shape index (κ2) is 23.0. The molecule has 0 bridgehead atoms. The Balaban J connectivity index is 0. The van der Waals surface area contributed by atoms with E-state index in [0.717, 1.165) is 18.4 Å². The summed E-state index contributed by atoms with van der Waals surface area (Å²) in [5, 5.41) is 12.0. The SMILES string of the molecule is CCCCCCCCCC(N)=O.CN.O=CCCC(O)C(=O)NCc1ccccc1. The number of carbonyl (C=O) groups excluding carboxylic acids is 3. The van der Waals surface area contributed by atoms with Gasteiger partial charge in [-0.05, 0) is 25.5 Å². The van der Waals surface area contributed by atoms with Crippen LogP contribution in [0.1, 0.15) is 76.7 Å². The molecule has 7 nitrogen and oxygen atoms in total. The lowest BCUT2D eigenvalue weighted by Gasteiger charge is -2.09. The van der Waals surface area contributed by atoms with Gasteiger partial charge in [-0.1, -0.05) is 75.8 Å². The summed E-state index contributed by atoms with van der Waals surface area (Å²) in [7, 11) is 1.50. The zero-order valence-electron chi connectivity index (χ0n) is 18.6. The summed E-state index contributed by atoms with van der Waals surface area (Å²) >= 11 is 0. The van der Waals surface area contributed by atoms with Gasteiger partial charge in [0.05, 0.1) is 0 Å². The molecule has 2 amide bonds. The van der Waals surface area contributed by atoms with Gasteiger partial charge in [0.25, 0.3) is 0 Å². The highest BCUT2D eigenvalue weighted by atomic mass is 16.3. The van der Waals surface area contributed by atoms with E-state index in [4.69, 9.17) is 5.73 Å². The van der Waals surface area contributed by atoms with Crippen LogP contribution in [-0.4, -0.2) is 36.4 Å². The van der Waals surface area contributed by atoms with Crippen LogP contribution in [0.2, 0.25) is 0 Å². The number of primary amides is 1. The van der Waals surface area contributed by atoms with Gasteiger partial charge in [0, 0.05) is 19.4 Å². The Morgan fingerprint density at radius 2 is 1.60 bits per heavy atom. The van der Waals surface area contributed by atoms with Crippen LogP contribution in [0.5, 0.6) is 0 Å². The highest BCUT2D eigenvalue weighted by Gasteiger charge is 2.13. The molecule has 0 spiro atoms. The highest BCUT2D eigenvalue weighted by molar-refractivity contribution is 5.80. The first-order chi connectivity index (χ1) is 14.5. The van der Waals surface area contributed by atoms with Crippen molar-refractivity contribution in [2.75, 3.05) is 7.05 Å². The summed E-state index contributed by atoms with van der Waals surface area (Å²) in [5.74, 6) is -0.603. The number of carbonyl (C=O) groups is 3. The Hall–Kier alpha value is -2.25. The predicted molar refractivity (Wildman–Crippen MR) is 122 cm³/mol. The minimum atomic E-state index is -1.10. The number of nitrogens with two attached hydrogens (primary N) is 2. The van der Waals surface area contributed by atoms with E-state index in [0.29, 0.717) is 19.3 Å². The number of aliphatic hydroxyl groups is 1. The number of nitrogens with one attached hydrogen (secondary N) is 1. The van der Waals surface area contributed by atoms with Crippen molar-refractivity contribution in [3.63, 3.8) is 0 Å². The molecule has 0 heterocycles. The average Bonchev–Trinajstić information content (AvgIpc) is 2.77. The van der Waals surface area contributed by atoms with Crippen molar-refractivity contribution in [3.8, 4) is 0 Å². The van der Waals surface area contributed by atoms with Crippen molar-refractivity contribution in [3.05, 3.63) is 35.9 Å². The Morgan fingerprint density at radius 1 is 1.03 bits per heavy atom. The number of hydrogen-bond acceptors (Lipinski definition) is 5. The summed E-state index contributed by atoms with van der Waals surface area (Å²) in [5.41, 5.74) is 10.5. The number of rotatable bonds is 14. The third-order valence-corrected chi connectivity index (χ3v) is 4.20. The van der Waals surface area contributed by atoms with Crippen LogP contribution in [0.4, 0.5) is 0 Å². The first-order valence-corrected chi connectivity index (χ1v) is 10.8. The van der Waals surface area contributed by atoms with Gasteiger partial charge in [0.15, 0.2) is 0 Å². The lowest BCUT2D eigenvalue weighted by atomic mass is 10.1. The van der Waals surface area contributed by atoms with Crippen LogP contribution in [-0.2, 0) is 20.9 Å². The van der Waals surface area contributed by atoms with E-state index in [1.165, 1.54) is 39.2 Å². The predicted octanol–water partition coefficient (Wildman–Crippen LogP) is 2.83. The molecule has 1 unspecified atom stereocenters. The molecular formula is C23H41N3O4. The van der Waals surface area contributed by atoms with Crippen LogP contribution >= 0.6 is 0 Å².